The van der Waals surface area contributed by atoms with E-state index in [2.05, 4.69) is 0 Å². The number of nitrogens with zero attached hydrogens (tertiary/aromatic N) is 1. The molecule has 0 bridgehead atoms. The first-order valence-electron chi connectivity index (χ1n) is 5.60. The molecule has 4 heteroatoms. The Morgan fingerprint density at radius 2 is 2.00 bits per heavy atom. The monoisotopic (exact) mass is 246 g/mol. The van der Waals surface area contributed by atoms with Crippen LogP contribution in [0.1, 0.15) is 5.56 Å². The van der Waals surface area contributed by atoms with Gasteiger partial charge in [-0.05, 0) is 24.3 Å². The molecule has 0 spiro atoms. The lowest BCUT2D eigenvalue weighted by Crippen LogP contribution is -2.17. The third-order valence-corrected chi connectivity index (χ3v) is 2.76. The van der Waals surface area contributed by atoms with Crippen LogP contribution in [-0.2, 0) is 6.54 Å². The minimum atomic E-state index is -0.318. The summed E-state index contributed by atoms with van der Waals surface area (Å²) >= 11 is 0. The number of rotatable bonds is 3. The fraction of sp³-hybridized carbons (Fsp3) is 0.143. The molecule has 0 amide bonds. The Morgan fingerprint density at radius 1 is 1.22 bits per heavy atom. The predicted molar refractivity (Wildman–Crippen MR) is 71.0 cm³/mol. The van der Waals surface area contributed by atoms with Crippen LogP contribution in [-0.4, -0.2) is 12.2 Å². The highest BCUT2D eigenvalue weighted by Gasteiger charge is 2.07. The largest absolute Gasteiger partial charge is 0.508 e. The number of hydrogen-bond acceptors (Lipinski definition) is 3. The van der Waals surface area contributed by atoms with Crippen LogP contribution in [0.2, 0.25) is 0 Å². The van der Waals surface area contributed by atoms with Gasteiger partial charge >= 0.3 is 0 Å². The SMILES string of the molecule is CN(Cc1ccc(N)cc1F)c1cccc(O)c1. The summed E-state index contributed by atoms with van der Waals surface area (Å²) < 4.78 is 13.6. The average molecular weight is 246 g/mol. The first-order valence-corrected chi connectivity index (χ1v) is 5.60. The van der Waals surface area contributed by atoms with Crippen molar-refractivity contribution in [3.63, 3.8) is 0 Å². The fourth-order valence-corrected chi connectivity index (χ4v) is 1.77. The van der Waals surface area contributed by atoms with E-state index in [1.807, 2.05) is 18.0 Å². The number of nitrogen functional groups attached to an aromatic ring is 1. The second-order valence-electron chi connectivity index (χ2n) is 4.23. The molecule has 94 valence electrons. The van der Waals surface area contributed by atoms with Gasteiger partial charge in [0.25, 0.3) is 0 Å². The van der Waals surface area contributed by atoms with E-state index in [9.17, 15) is 9.50 Å². The molecule has 0 aromatic heterocycles. The summed E-state index contributed by atoms with van der Waals surface area (Å²) in [4.78, 5) is 1.86. The van der Waals surface area contributed by atoms with Crippen LogP contribution >= 0.6 is 0 Å². The molecule has 0 saturated heterocycles. The Morgan fingerprint density at radius 3 is 2.67 bits per heavy atom. The smallest absolute Gasteiger partial charge is 0.130 e. The number of phenols is 1. The molecule has 18 heavy (non-hydrogen) atoms. The third kappa shape index (κ3) is 2.71. The standard InChI is InChI=1S/C14H15FN2O/c1-17(12-3-2-4-13(18)8-12)9-10-5-6-11(16)7-14(10)15/h2-8,18H,9,16H2,1H3. The number of hydrogen-bond donors (Lipinski definition) is 2. The van der Waals surface area contributed by atoms with Crippen LogP contribution in [0.5, 0.6) is 5.75 Å². The van der Waals surface area contributed by atoms with Gasteiger partial charge in [-0.2, -0.15) is 0 Å². The van der Waals surface area contributed by atoms with Crippen molar-refractivity contribution in [3.8, 4) is 5.75 Å². The molecule has 3 N–H and O–H groups in total. The normalized spacial score (nSPS) is 10.3. The van der Waals surface area contributed by atoms with Crippen molar-refractivity contribution in [3.05, 3.63) is 53.8 Å². The van der Waals surface area contributed by atoms with Gasteiger partial charge in [0.05, 0.1) is 0 Å². The predicted octanol–water partition coefficient (Wildman–Crippen LogP) is 2.75. The zero-order chi connectivity index (χ0) is 13.1. The molecule has 0 radical (unpaired) electrons. The Bertz CT molecular complexity index is 557. The first kappa shape index (κ1) is 12.2. The molecule has 2 aromatic rings. The lowest BCUT2D eigenvalue weighted by molar-refractivity contribution is 0.475. The van der Waals surface area contributed by atoms with E-state index in [4.69, 9.17) is 5.73 Å². The maximum absolute atomic E-state index is 13.6. The Kier molecular flexibility index (Phi) is 3.37. The van der Waals surface area contributed by atoms with E-state index in [0.29, 0.717) is 17.8 Å². The van der Waals surface area contributed by atoms with Gasteiger partial charge in [-0.1, -0.05) is 12.1 Å². The molecule has 2 aromatic carbocycles. The molecule has 0 unspecified atom stereocenters. The third-order valence-electron chi connectivity index (χ3n) is 2.76. The van der Waals surface area contributed by atoms with Gasteiger partial charge in [0.2, 0.25) is 0 Å². The maximum atomic E-state index is 13.6. The van der Waals surface area contributed by atoms with Gasteiger partial charge in [0.15, 0.2) is 0 Å². The Labute approximate surface area is 105 Å². The topological polar surface area (TPSA) is 49.5 Å². The quantitative estimate of drug-likeness (QED) is 0.819. The second-order valence-corrected chi connectivity index (χ2v) is 4.23. The number of anilines is 2. The summed E-state index contributed by atoms with van der Waals surface area (Å²) in [7, 11) is 1.84. The van der Waals surface area contributed by atoms with E-state index in [0.717, 1.165) is 5.69 Å². The van der Waals surface area contributed by atoms with Gasteiger partial charge in [0, 0.05) is 36.6 Å². The molecule has 2 rings (SSSR count). The second kappa shape index (κ2) is 4.96. The zero-order valence-corrected chi connectivity index (χ0v) is 10.1. The summed E-state index contributed by atoms with van der Waals surface area (Å²) in [6.07, 6.45) is 0. The molecule has 0 aliphatic heterocycles. The van der Waals surface area contributed by atoms with E-state index < -0.39 is 0 Å². The molecular weight excluding hydrogens is 231 g/mol. The van der Waals surface area contributed by atoms with E-state index in [1.54, 1.807) is 30.3 Å². The van der Waals surface area contributed by atoms with Gasteiger partial charge < -0.3 is 15.7 Å². The van der Waals surface area contributed by atoms with Gasteiger partial charge in [-0.3, -0.25) is 0 Å². The number of benzene rings is 2. The summed E-state index contributed by atoms with van der Waals surface area (Å²) in [5.41, 5.74) is 7.31. The van der Waals surface area contributed by atoms with Crippen molar-refractivity contribution in [2.24, 2.45) is 0 Å². The van der Waals surface area contributed by atoms with Crippen LogP contribution in [0.15, 0.2) is 42.5 Å². The van der Waals surface area contributed by atoms with Gasteiger partial charge in [-0.15, -0.1) is 0 Å². The molecule has 0 atom stereocenters. The molecule has 0 fully saturated rings. The minimum Gasteiger partial charge on any atom is -0.508 e. The van der Waals surface area contributed by atoms with Crippen molar-refractivity contribution in [2.75, 3.05) is 17.7 Å². The molecular formula is C14H15FN2O. The lowest BCUT2D eigenvalue weighted by atomic mass is 10.1. The summed E-state index contributed by atoms with van der Waals surface area (Å²) in [5, 5.41) is 9.40. The van der Waals surface area contributed by atoms with Crippen molar-refractivity contribution < 1.29 is 9.50 Å². The van der Waals surface area contributed by atoms with Gasteiger partial charge in [-0.25, -0.2) is 4.39 Å². The van der Waals surface area contributed by atoms with E-state index >= 15 is 0 Å². The number of nitrogens with two attached hydrogens (primary N) is 1. The number of halogens is 1. The Hall–Kier alpha value is -2.23. The summed E-state index contributed by atoms with van der Waals surface area (Å²) in [6.45, 7) is 0.412. The van der Waals surface area contributed by atoms with E-state index in [1.165, 1.54) is 6.07 Å². The fourth-order valence-electron chi connectivity index (χ4n) is 1.77. The molecule has 0 aliphatic rings. The van der Waals surface area contributed by atoms with E-state index in [-0.39, 0.29) is 11.6 Å². The highest BCUT2D eigenvalue weighted by Crippen LogP contribution is 2.21. The van der Waals surface area contributed by atoms with Crippen LogP contribution in [0, 0.1) is 5.82 Å². The average Bonchev–Trinajstić information content (AvgIpc) is 2.32. The minimum absolute atomic E-state index is 0.192. The molecule has 3 nitrogen and oxygen atoms in total. The Balaban J connectivity index is 2.18. The van der Waals surface area contributed by atoms with Crippen LogP contribution < -0.4 is 10.6 Å². The number of aromatic hydroxyl groups is 1. The highest BCUT2D eigenvalue weighted by molar-refractivity contribution is 5.50. The summed E-state index contributed by atoms with van der Waals surface area (Å²) in [6, 6.07) is 11.5. The van der Waals surface area contributed by atoms with Crippen molar-refractivity contribution >= 4 is 11.4 Å². The van der Waals surface area contributed by atoms with Crippen LogP contribution in [0.25, 0.3) is 0 Å². The lowest BCUT2D eigenvalue weighted by Gasteiger charge is -2.20. The van der Waals surface area contributed by atoms with Crippen LogP contribution in [0.4, 0.5) is 15.8 Å². The highest BCUT2D eigenvalue weighted by atomic mass is 19.1. The summed E-state index contributed by atoms with van der Waals surface area (Å²) in [5.74, 6) is -0.126. The maximum Gasteiger partial charge on any atom is 0.130 e. The van der Waals surface area contributed by atoms with Crippen LogP contribution in [0.3, 0.4) is 0 Å². The molecule has 0 aliphatic carbocycles. The van der Waals surface area contributed by atoms with Crippen molar-refractivity contribution in [2.45, 2.75) is 6.54 Å². The van der Waals surface area contributed by atoms with Crippen molar-refractivity contribution in [1.29, 1.82) is 0 Å². The zero-order valence-electron chi connectivity index (χ0n) is 10.1. The molecule has 0 heterocycles. The molecule has 0 saturated carbocycles. The van der Waals surface area contributed by atoms with Crippen molar-refractivity contribution in [1.82, 2.24) is 0 Å². The number of phenolic OH excluding ortho intramolecular Hbond substituents is 1. The van der Waals surface area contributed by atoms with Gasteiger partial charge in [0.1, 0.15) is 11.6 Å². The first-order chi connectivity index (χ1) is 8.56.